The van der Waals surface area contributed by atoms with E-state index in [9.17, 15) is 0 Å². The van der Waals surface area contributed by atoms with Crippen molar-refractivity contribution in [2.45, 2.75) is 19.9 Å². The number of hydrazine groups is 1. The molecule has 0 fully saturated rings. The molecule has 0 rings (SSSR count). The predicted octanol–water partition coefficient (Wildman–Crippen LogP) is 1.09. The van der Waals surface area contributed by atoms with Crippen LogP contribution in [0.3, 0.4) is 0 Å². The fourth-order valence-corrected chi connectivity index (χ4v) is 1.32. The van der Waals surface area contributed by atoms with Gasteiger partial charge in [0.25, 0.3) is 0 Å². The minimum absolute atomic E-state index is 0.148. The molecule has 0 radical (unpaired) electrons. The van der Waals surface area contributed by atoms with E-state index in [1.165, 1.54) is 19.4 Å². The third-order valence-corrected chi connectivity index (χ3v) is 3.13. The molecule has 0 aliphatic heterocycles. The van der Waals surface area contributed by atoms with Crippen LogP contribution in [0.25, 0.3) is 4.85 Å². The maximum absolute atomic E-state index is 8.73. The first-order valence-corrected chi connectivity index (χ1v) is 6.10. The van der Waals surface area contributed by atoms with Crippen LogP contribution < -0.4 is 10.9 Å². The summed E-state index contributed by atoms with van der Waals surface area (Å²) < 4.78 is 0.994. The van der Waals surface area contributed by atoms with Crippen molar-refractivity contribution in [2.24, 2.45) is 0 Å². The third-order valence-electron chi connectivity index (χ3n) is 1.61. The summed E-state index contributed by atoms with van der Waals surface area (Å²) in [5, 5.41) is 8.73. The average molecular weight is 386 g/mol. The van der Waals surface area contributed by atoms with Crippen molar-refractivity contribution in [3.63, 3.8) is 0 Å². The molecule has 0 aromatic rings. The van der Waals surface area contributed by atoms with Gasteiger partial charge in [0.2, 0.25) is 0 Å². The first-order valence-electron chi connectivity index (χ1n) is 4.63. The van der Waals surface area contributed by atoms with Crippen LogP contribution in [0.5, 0.6) is 0 Å². The van der Waals surface area contributed by atoms with Gasteiger partial charge in [-0.25, -0.2) is 0 Å². The molecular formula is C11H14N4W. The van der Waals surface area contributed by atoms with Crippen molar-refractivity contribution >= 4 is 4.02 Å². The molecule has 1 unspecified atom stereocenters. The van der Waals surface area contributed by atoms with Gasteiger partial charge in [0.15, 0.2) is 0 Å². The molecule has 84 valence electrons. The number of hydrogen-bond donors (Lipinski definition) is 2. The first kappa shape index (κ1) is 14.9. The Hall–Kier alpha value is -1.06. The van der Waals surface area contributed by atoms with Gasteiger partial charge >= 0.3 is 107 Å². The number of rotatable bonds is 6. The predicted molar refractivity (Wildman–Crippen MR) is 60.7 cm³/mol. The van der Waals surface area contributed by atoms with Crippen LogP contribution in [0.4, 0.5) is 0 Å². The molecule has 0 saturated heterocycles. The number of nitriles is 1. The second-order valence-electron chi connectivity index (χ2n) is 3.29. The van der Waals surface area contributed by atoms with Gasteiger partial charge < -0.3 is 0 Å². The summed E-state index contributed by atoms with van der Waals surface area (Å²) in [4.78, 5) is 3.17. The molecule has 5 heteroatoms. The summed E-state index contributed by atoms with van der Waals surface area (Å²) in [6.45, 7) is 14.5. The third kappa shape index (κ3) is 6.43. The molecule has 16 heavy (non-hydrogen) atoms. The van der Waals surface area contributed by atoms with E-state index < -0.39 is 6.04 Å². The Labute approximate surface area is 107 Å². The summed E-state index contributed by atoms with van der Waals surface area (Å²) in [5.74, 6) is 0. The first-order chi connectivity index (χ1) is 7.51. The second kappa shape index (κ2) is 8.13. The van der Waals surface area contributed by atoms with Crippen molar-refractivity contribution < 1.29 is 19.4 Å². The summed E-state index contributed by atoms with van der Waals surface area (Å²) in [6, 6.07) is 1.53. The van der Waals surface area contributed by atoms with Crippen molar-refractivity contribution in [1.82, 2.24) is 10.9 Å². The second-order valence-corrected chi connectivity index (χ2v) is 4.76. The monoisotopic (exact) mass is 386 g/mol. The number of nitrogens with zero attached hydrogens (tertiary/aromatic N) is 2. The topological polar surface area (TPSA) is 52.2 Å². The molecule has 0 spiro atoms. The summed E-state index contributed by atoms with van der Waals surface area (Å²) in [6.07, 6.45) is 1.97. The molecule has 1 atom stereocenters. The molecule has 0 aromatic heterocycles. The molecule has 0 amide bonds. The SMILES string of the molecule is [C-]#[N+]CC(C#N)NN[C](=[W])/C(C)=C\C(=C)C. The van der Waals surface area contributed by atoms with Gasteiger partial charge in [0.1, 0.15) is 0 Å². The zero-order valence-corrected chi connectivity index (χ0v) is 12.3. The van der Waals surface area contributed by atoms with Gasteiger partial charge in [-0.15, -0.1) is 0 Å². The van der Waals surface area contributed by atoms with E-state index in [2.05, 4.69) is 22.3 Å². The Kier molecular flexibility index (Phi) is 7.59. The molecule has 0 heterocycles. The van der Waals surface area contributed by atoms with E-state index in [1.807, 2.05) is 26.0 Å². The van der Waals surface area contributed by atoms with Crippen molar-refractivity contribution in [3.05, 3.63) is 35.2 Å². The number of nitrogens with one attached hydrogen (secondary N) is 2. The summed E-state index contributed by atoms with van der Waals surface area (Å²) in [7, 11) is 0. The Morgan fingerprint density at radius 3 is 2.75 bits per heavy atom. The van der Waals surface area contributed by atoms with Crippen molar-refractivity contribution in [1.29, 1.82) is 5.26 Å². The van der Waals surface area contributed by atoms with Gasteiger partial charge in [-0.05, 0) is 0 Å². The standard InChI is InChI=1S/C11H14N4.W/c1-9(2)5-10(3)7-14-15-11(6-12)8-13-4;/h5,11,14-15H,1,8H2,2-3H3;/b10-5-;. The quantitative estimate of drug-likeness (QED) is 0.409. The van der Waals surface area contributed by atoms with E-state index >= 15 is 0 Å². The van der Waals surface area contributed by atoms with Gasteiger partial charge in [-0.1, -0.05) is 0 Å². The Balaban J connectivity index is 4.23. The van der Waals surface area contributed by atoms with Crippen LogP contribution in [0.1, 0.15) is 13.8 Å². The minimum atomic E-state index is -0.482. The van der Waals surface area contributed by atoms with Crippen LogP contribution in [0, 0.1) is 17.9 Å². The van der Waals surface area contributed by atoms with Crippen LogP contribution >= 0.6 is 0 Å². The van der Waals surface area contributed by atoms with Crippen molar-refractivity contribution in [2.75, 3.05) is 6.54 Å². The fraction of sp³-hybridized carbons (Fsp3) is 0.364. The number of allylic oxidation sites excluding steroid dienone is 2. The van der Waals surface area contributed by atoms with E-state index in [4.69, 9.17) is 11.8 Å². The van der Waals surface area contributed by atoms with Gasteiger partial charge in [-0.3, -0.25) is 0 Å². The van der Waals surface area contributed by atoms with Crippen LogP contribution in [-0.4, -0.2) is 16.6 Å². The molecular weight excluding hydrogens is 372 g/mol. The number of hydrogen-bond acceptors (Lipinski definition) is 3. The Morgan fingerprint density at radius 2 is 2.31 bits per heavy atom. The van der Waals surface area contributed by atoms with Crippen LogP contribution in [-0.2, 0) is 19.4 Å². The average Bonchev–Trinajstić information content (AvgIpc) is 2.22. The van der Waals surface area contributed by atoms with Gasteiger partial charge in [0, 0.05) is 0 Å². The van der Waals surface area contributed by atoms with E-state index in [0.717, 1.165) is 15.2 Å². The van der Waals surface area contributed by atoms with Gasteiger partial charge in [0.05, 0.1) is 0 Å². The molecule has 0 saturated carbocycles. The molecule has 2 N–H and O–H groups in total. The molecule has 4 nitrogen and oxygen atoms in total. The molecule has 0 bridgehead atoms. The van der Waals surface area contributed by atoms with E-state index in [-0.39, 0.29) is 6.54 Å². The molecule has 0 aliphatic carbocycles. The normalized spacial score (nSPS) is 12.4. The van der Waals surface area contributed by atoms with Crippen LogP contribution in [0.15, 0.2) is 23.8 Å². The summed E-state index contributed by atoms with van der Waals surface area (Å²) >= 11 is 1.26. The van der Waals surface area contributed by atoms with Gasteiger partial charge in [-0.2, -0.15) is 0 Å². The molecule has 0 aromatic carbocycles. The zero-order valence-electron chi connectivity index (χ0n) is 9.37. The fourth-order valence-electron chi connectivity index (χ4n) is 0.896. The summed E-state index contributed by atoms with van der Waals surface area (Å²) in [5.41, 5.74) is 7.83. The Bertz CT molecular complexity index is 384. The zero-order chi connectivity index (χ0) is 12.6. The Morgan fingerprint density at radius 1 is 1.69 bits per heavy atom. The molecule has 0 aliphatic rings. The van der Waals surface area contributed by atoms with Crippen LogP contribution in [0.2, 0.25) is 0 Å². The van der Waals surface area contributed by atoms with Crippen molar-refractivity contribution in [3.8, 4) is 6.07 Å². The van der Waals surface area contributed by atoms with E-state index in [0.29, 0.717) is 0 Å². The van der Waals surface area contributed by atoms with E-state index in [1.54, 1.807) is 0 Å². The maximum atomic E-state index is 8.73.